The van der Waals surface area contributed by atoms with Gasteiger partial charge in [-0.15, -0.1) is 0 Å². The van der Waals surface area contributed by atoms with E-state index in [1.165, 1.54) is 12.1 Å². The van der Waals surface area contributed by atoms with Crippen molar-refractivity contribution in [2.24, 2.45) is 5.41 Å². The molecular formula is C14H16BF3O2. The summed E-state index contributed by atoms with van der Waals surface area (Å²) in [6.45, 7) is 5.27. The zero-order chi connectivity index (χ0) is 14.8. The van der Waals surface area contributed by atoms with Crippen LogP contribution in [0.25, 0.3) is 6.08 Å². The molecule has 1 aromatic carbocycles. The summed E-state index contributed by atoms with van der Waals surface area (Å²) in [7, 11) is -0.440. The van der Waals surface area contributed by atoms with Crippen LogP contribution in [0.3, 0.4) is 0 Å². The van der Waals surface area contributed by atoms with E-state index in [0.717, 1.165) is 12.1 Å². The molecule has 1 aromatic rings. The number of hydrogen-bond acceptors (Lipinski definition) is 2. The highest BCUT2D eigenvalue weighted by Gasteiger charge is 2.31. The van der Waals surface area contributed by atoms with E-state index < -0.39 is 18.9 Å². The number of rotatable bonds is 2. The van der Waals surface area contributed by atoms with Gasteiger partial charge in [0, 0.05) is 18.6 Å². The summed E-state index contributed by atoms with van der Waals surface area (Å²) in [6.07, 6.45) is -2.60. The standard InChI is InChI=1S/C14H16BF3O2/c1-13(2)9-19-15(20-10-13)8-7-11-3-5-12(6-4-11)14(16,17)18/h3-8H,9-10H2,1-2H3/b8-7+. The summed E-state index contributed by atoms with van der Waals surface area (Å²) >= 11 is 0. The number of halogens is 3. The lowest BCUT2D eigenvalue weighted by atomic mass is 9.83. The SMILES string of the molecule is CC1(C)COB(/C=C/c2ccc(C(F)(F)F)cc2)OC1. The Kier molecular flexibility index (Phi) is 4.25. The zero-order valence-electron chi connectivity index (χ0n) is 11.4. The van der Waals surface area contributed by atoms with Gasteiger partial charge in [0.2, 0.25) is 0 Å². The normalized spacial score (nSPS) is 19.6. The fourth-order valence-electron chi connectivity index (χ4n) is 1.79. The largest absolute Gasteiger partial charge is 0.486 e. The quantitative estimate of drug-likeness (QED) is 0.769. The van der Waals surface area contributed by atoms with E-state index in [1.807, 2.05) is 13.8 Å². The predicted molar refractivity (Wildman–Crippen MR) is 71.9 cm³/mol. The van der Waals surface area contributed by atoms with E-state index in [0.29, 0.717) is 18.8 Å². The summed E-state index contributed by atoms with van der Waals surface area (Å²) < 4.78 is 48.2. The minimum absolute atomic E-state index is 0.00129. The molecule has 0 atom stereocenters. The van der Waals surface area contributed by atoms with Gasteiger partial charge < -0.3 is 9.31 Å². The molecule has 1 aliphatic rings. The van der Waals surface area contributed by atoms with Crippen molar-refractivity contribution in [1.82, 2.24) is 0 Å². The van der Waals surface area contributed by atoms with Gasteiger partial charge in [0.1, 0.15) is 0 Å². The predicted octanol–water partition coefficient (Wildman–Crippen LogP) is 3.82. The highest BCUT2D eigenvalue weighted by molar-refractivity contribution is 6.51. The number of hydrogen-bond donors (Lipinski definition) is 0. The summed E-state index contributed by atoms with van der Waals surface area (Å²) in [5.74, 6) is 1.71. The van der Waals surface area contributed by atoms with Crippen LogP contribution in [-0.4, -0.2) is 20.3 Å². The molecular weight excluding hydrogens is 268 g/mol. The van der Waals surface area contributed by atoms with Crippen LogP contribution in [-0.2, 0) is 15.5 Å². The van der Waals surface area contributed by atoms with Crippen LogP contribution in [0.5, 0.6) is 0 Å². The lowest BCUT2D eigenvalue weighted by Gasteiger charge is -2.31. The smallest absolute Gasteiger partial charge is 0.407 e. The highest BCUT2D eigenvalue weighted by Crippen LogP contribution is 2.29. The Morgan fingerprint density at radius 2 is 1.65 bits per heavy atom. The van der Waals surface area contributed by atoms with Gasteiger partial charge in [0.05, 0.1) is 5.56 Å². The Bertz CT molecular complexity index is 470. The topological polar surface area (TPSA) is 18.5 Å². The summed E-state index contributed by atoms with van der Waals surface area (Å²) in [4.78, 5) is 0. The van der Waals surface area contributed by atoms with Crippen LogP contribution in [0.1, 0.15) is 25.0 Å². The van der Waals surface area contributed by atoms with E-state index in [-0.39, 0.29) is 5.41 Å². The second-order valence-electron chi connectivity index (χ2n) is 5.63. The maximum atomic E-state index is 12.4. The van der Waals surface area contributed by atoms with Gasteiger partial charge in [-0.05, 0) is 17.7 Å². The van der Waals surface area contributed by atoms with E-state index >= 15 is 0 Å². The molecule has 0 N–H and O–H groups in total. The van der Waals surface area contributed by atoms with Crippen LogP contribution in [0, 0.1) is 5.41 Å². The minimum atomic E-state index is -4.30. The van der Waals surface area contributed by atoms with Crippen molar-refractivity contribution >= 4 is 13.2 Å². The van der Waals surface area contributed by atoms with Gasteiger partial charge in [-0.25, -0.2) is 0 Å². The highest BCUT2D eigenvalue weighted by atomic mass is 19.4. The number of benzene rings is 1. The summed E-state index contributed by atoms with van der Waals surface area (Å²) in [5.41, 5.74) is 0.0233. The maximum absolute atomic E-state index is 12.4. The molecule has 0 radical (unpaired) electrons. The van der Waals surface area contributed by atoms with Crippen molar-refractivity contribution in [3.63, 3.8) is 0 Å². The molecule has 0 aromatic heterocycles. The third-order valence-corrected chi connectivity index (χ3v) is 2.96. The van der Waals surface area contributed by atoms with Crippen LogP contribution in [0.4, 0.5) is 13.2 Å². The van der Waals surface area contributed by atoms with Crippen molar-refractivity contribution in [2.45, 2.75) is 20.0 Å². The summed E-state index contributed by atoms with van der Waals surface area (Å²) in [6, 6.07) is 4.97. The first-order chi connectivity index (χ1) is 9.26. The minimum Gasteiger partial charge on any atom is -0.407 e. The van der Waals surface area contributed by atoms with Crippen LogP contribution in [0.15, 0.2) is 30.2 Å². The van der Waals surface area contributed by atoms with Crippen molar-refractivity contribution in [2.75, 3.05) is 13.2 Å². The molecule has 6 heteroatoms. The second-order valence-corrected chi connectivity index (χ2v) is 5.63. The van der Waals surface area contributed by atoms with Gasteiger partial charge in [0.25, 0.3) is 0 Å². The second kappa shape index (κ2) is 5.62. The first-order valence-corrected chi connectivity index (χ1v) is 6.35. The Hall–Kier alpha value is -1.27. The van der Waals surface area contributed by atoms with E-state index in [4.69, 9.17) is 9.31 Å². The van der Waals surface area contributed by atoms with Gasteiger partial charge >= 0.3 is 13.3 Å². The van der Waals surface area contributed by atoms with Crippen molar-refractivity contribution in [3.05, 3.63) is 41.4 Å². The molecule has 1 aliphatic heterocycles. The van der Waals surface area contributed by atoms with Crippen LogP contribution >= 0.6 is 0 Å². The van der Waals surface area contributed by atoms with Crippen molar-refractivity contribution in [1.29, 1.82) is 0 Å². The molecule has 2 rings (SSSR count). The molecule has 1 saturated heterocycles. The lowest BCUT2D eigenvalue weighted by Crippen LogP contribution is -2.39. The Morgan fingerprint density at radius 3 is 2.15 bits per heavy atom. The Labute approximate surface area is 116 Å². The molecule has 0 aliphatic carbocycles. The first-order valence-electron chi connectivity index (χ1n) is 6.35. The third-order valence-electron chi connectivity index (χ3n) is 2.96. The first kappa shape index (κ1) is 15.1. The summed E-state index contributed by atoms with van der Waals surface area (Å²) in [5, 5.41) is 0. The molecule has 0 unspecified atom stereocenters. The molecule has 108 valence electrons. The molecule has 1 heterocycles. The van der Waals surface area contributed by atoms with Gasteiger partial charge in [0.15, 0.2) is 0 Å². The van der Waals surface area contributed by atoms with Crippen LogP contribution < -0.4 is 0 Å². The third kappa shape index (κ3) is 4.11. The average Bonchev–Trinajstić information content (AvgIpc) is 2.37. The van der Waals surface area contributed by atoms with E-state index in [9.17, 15) is 13.2 Å². The zero-order valence-corrected chi connectivity index (χ0v) is 11.4. The average molecular weight is 284 g/mol. The molecule has 20 heavy (non-hydrogen) atoms. The molecule has 2 nitrogen and oxygen atoms in total. The van der Waals surface area contributed by atoms with Gasteiger partial charge in [-0.1, -0.05) is 38.0 Å². The van der Waals surface area contributed by atoms with Gasteiger partial charge in [-0.2, -0.15) is 13.2 Å². The Balaban J connectivity index is 1.95. The fourth-order valence-corrected chi connectivity index (χ4v) is 1.79. The fraction of sp³-hybridized carbons (Fsp3) is 0.429. The maximum Gasteiger partial charge on any atom is 0.486 e. The lowest BCUT2D eigenvalue weighted by molar-refractivity contribution is -0.137. The number of alkyl halides is 3. The molecule has 0 saturated carbocycles. The van der Waals surface area contributed by atoms with Gasteiger partial charge in [-0.3, -0.25) is 0 Å². The molecule has 0 amide bonds. The van der Waals surface area contributed by atoms with E-state index in [1.54, 1.807) is 12.1 Å². The van der Waals surface area contributed by atoms with Crippen molar-refractivity contribution < 1.29 is 22.5 Å². The van der Waals surface area contributed by atoms with Crippen molar-refractivity contribution in [3.8, 4) is 0 Å². The molecule has 0 bridgehead atoms. The monoisotopic (exact) mass is 284 g/mol. The Morgan fingerprint density at radius 1 is 1.10 bits per heavy atom. The van der Waals surface area contributed by atoms with E-state index in [2.05, 4.69) is 0 Å². The van der Waals surface area contributed by atoms with Crippen LogP contribution in [0.2, 0.25) is 0 Å². The molecule has 0 spiro atoms. The molecule has 1 fully saturated rings.